The Balaban J connectivity index is 1.30. The van der Waals surface area contributed by atoms with Gasteiger partial charge in [-0.05, 0) is 18.2 Å². The van der Waals surface area contributed by atoms with Crippen molar-refractivity contribution in [2.24, 2.45) is 5.92 Å². The molecule has 1 saturated heterocycles. The summed E-state index contributed by atoms with van der Waals surface area (Å²) in [5, 5.41) is 1.19. The topological polar surface area (TPSA) is 69.3 Å². The van der Waals surface area contributed by atoms with Gasteiger partial charge < -0.3 is 14.8 Å². The van der Waals surface area contributed by atoms with Gasteiger partial charge in [0.15, 0.2) is 0 Å². The van der Waals surface area contributed by atoms with E-state index in [-0.39, 0.29) is 17.7 Å². The van der Waals surface area contributed by atoms with Crippen LogP contribution in [0, 0.1) is 5.92 Å². The summed E-state index contributed by atoms with van der Waals surface area (Å²) in [4.78, 5) is 37.0. The van der Waals surface area contributed by atoms with Crippen molar-refractivity contribution in [3.8, 4) is 0 Å². The molecule has 0 bridgehead atoms. The summed E-state index contributed by atoms with van der Waals surface area (Å²) < 4.78 is 0. The first-order valence-corrected chi connectivity index (χ1v) is 9.74. The van der Waals surface area contributed by atoms with E-state index in [9.17, 15) is 9.59 Å². The van der Waals surface area contributed by atoms with Gasteiger partial charge in [0.25, 0.3) is 0 Å². The number of hydrogen-bond donors (Lipinski definition) is 1. The monoisotopic (exact) mass is 374 g/mol. The number of hydrogen-bond acceptors (Lipinski definition) is 3. The van der Waals surface area contributed by atoms with Gasteiger partial charge in [0, 0.05) is 60.8 Å². The number of benzene rings is 1. The summed E-state index contributed by atoms with van der Waals surface area (Å²) >= 11 is 0. The van der Waals surface area contributed by atoms with Crippen LogP contribution >= 0.6 is 0 Å². The first kappa shape index (κ1) is 17.0. The van der Waals surface area contributed by atoms with E-state index in [4.69, 9.17) is 0 Å². The summed E-state index contributed by atoms with van der Waals surface area (Å²) in [6.07, 6.45) is 2.85. The predicted octanol–water partition coefficient (Wildman–Crippen LogP) is 2.50. The molecule has 4 heterocycles. The zero-order valence-corrected chi connectivity index (χ0v) is 15.6. The Bertz CT molecular complexity index is 1040. The molecule has 3 aromatic rings. The van der Waals surface area contributed by atoms with Crippen LogP contribution in [0.4, 0.5) is 0 Å². The molecule has 0 spiro atoms. The highest BCUT2D eigenvalue weighted by Crippen LogP contribution is 2.30. The van der Waals surface area contributed by atoms with Crippen LogP contribution in [0.3, 0.4) is 0 Å². The molecule has 142 valence electrons. The molecule has 2 aromatic heterocycles. The zero-order valence-electron chi connectivity index (χ0n) is 15.6. The summed E-state index contributed by atoms with van der Waals surface area (Å²) in [5.41, 5.74) is 4.42. The van der Waals surface area contributed by atoms with Gasteiger partial charge in [0.1, 0.15) is 0 Å². The molecule has 5 rings (SSSR count). The van der Waals surface area contributed by atoms with Gasteiger partial charge in [-0.2, -0.15) is 0 Å². The van der Waals surface area contributed by atoms with Crippen molar-refractivity contribution < 1.29 is 9.59 Å². The highest BCUT2D eigenvalue weighted by atomic mass is 16.2. The van der Waals surface area contributed by atoms with Crippen molar-refractivity contribution in [2.45, 2.75) is 25.9 Å². The first-order chi connectivity index (χ1) is 13.7. The Morgan fingerprint density at radius 3 is 2.89 bits per heavy atom. The van der Waals surface area contributed by atoms with E-state index < -0.39 is 0 Å². The Kier molecular flexibility index (Phi) is 4.11. The smallest absolute Gasteiger partial charge is 0.228 e. The third-order valence-electron chi connectivity index (χ3n) is 5.84. The maximum Gasteiger partial charge on any atom is 0.228 e. The Hall–Kier alpha value is -3.15. The minimum atomic E-state index is -0.261. The Labute approximate surface area is 163 Å². The molecule has 6 nitrogen and oxygen atoms in total. The molecular weight excluding hydrogens is 352 g/mol. The van der Waals surface area contributed by atoms with Crippen molar-refractivity contribution >= 4 is 22.7 Å². The molecule has 2 aliphatic rings. The number of carbonyl (C=O) groups is 2. The van der Waals surface area contributed by atoms with Gasteiger partial charge in [-0.3, -0.25) is 14.6 Å². The minimum Gasteiger partial charge on any atom is -0.358 e. The summed E-state index contributed by atoms with van der Waals surface area (Å²) in [6, 6.07) is 13.9. The zero-order chi connectivity index (χ0) is 19.1. The molecule has 1 atom stereocenters. The second kappa shape index (κ2) is 6.78. The molecule has 0 saturated carbocycles. The molecule has 1 fully saturated rings. The van der Waals surface area contributed by atoms with Gasteiger partial charge in [-0.25, -0.2) is 0 Å². The van der Waals surface area contributed by atoms with Crippen molar-refractivity contribution in [1.82, 2.24) is 19.8 Å². The molecule has 6 heteroatoms. The van der Waals surface area contributed by atoms with Crippen molar-refractivity contribution in [3.63, 3.8) is 0 Å². The number of nitrogens with one attached hydrogen (secondary N) is 1. The van der Waals surface area contributed by atoms with Crippen molar-refractivity contribution in [2.75, 3.05) is 13.1 Å². The van der Waals surface area contributed by atoms with Crippen molar-refractivity contribution in [1.29, 1.82) is 0 Å². The van der Waals surface area contributed by atoms with Crippen LogP contribution in [-0.2, 0) is 29.1 Å². The second-order valence-electron chi connectivity index (χ2n) is 7.63. The average Bonchev–Trinajstić information content (AvgIpc) is 3.28. The molecule has 1 aromatic carbocycles. The standard InChI is InChI=1S/C22H22N4O2/c27-21-11-15(12-26(21)13-16-5-3-4-9-23-16)22(28)25-10-8-20-18(14-25)17-6-1-2-7-19(17)24-20/h1-7,9,15,24H,8,10-14H2/t15-/m1/s1. The molecule has 28 heavy (non-hydrogen) atoms. The fourth-order valence-corrected chi connectivity index (χ4v) is 4.39. The van der Waals surface area contributed by atoms with Crippen LogP contribution in [0.25, 0.3) is 10.9 Å². The van der Waals surface area contributed by atoms with Gasteiger partial charge in [-0.1, -0.05) is 24.3 Å². The predicted molar refractivity (Wildman–Crippen MR) is 105 cm³/mol. The number of nitrogens with zero attached hydrogens (tertiary/aromatic N) is 3. The lowest BCUT2D eigenvalue weighted by Crippen LogP contribution is -2.40. The lowest BCUT2D eigenvalue weighted by molar-refractivity contribution is -0.136. The van der Waals surface area contributed by atoms with Crippen LogP contribution in [-0.4, -0.2) is 44.7 Å². The first-order valence-electron chi connectivity index (χ1n) is 9.74. The number of para-hydroxylation sites is 1. The highest BCUT2D eigenvalue weighted by Gasteiger charge is 2.37. The second-order valence-corrected chi connectivity index (χ2v) is 7.63. The molecule has 0 aliphatic carbocycles. The quantitative estimate of drug-likeness (QED) is 0.766. The van der Waals surface area contributed by atoms with E-state index >= 15 is 0 Å². The lowest BCUT2D eigenvalue weighted by Gasteiger charge is -2.29. The third-order valence-corrected chi connectivity index (χ3v) is 5.84. The lowest BCUT2D eigenvalue weighted by atomic mass is 10.0. The fraction of sp³-hybridized carbons (Fsp3) is 0.318. The summed E-state index contributed by atoms with van der Waals surface area (Å²) in [6.45, 7) is 2.26. The summed E-state index contributed by atoms with van der Waals surface area (Å²) in [5.74, 6) is -0.135. The molecule has 1 N–H and O–H groups in total. The molecule has 2 aliphatic heterocycles. The number of pyridine rings is 1. The van der Waals surface area contributed by atoms with Crippen LogP contribution in [0.2, 0.25) is 0 Å². The number of likely N-dealkylation sites (tertiary alicyclic amines) is 1. The van der Waals surface area contributed by atoms with Crippen LogP contribution < -0.4 is 0 Å². The summed E-state index contributed by atoms with van der Waals surface area (Å²) in [7, 11) is 0. The number of aromatic amines is 1. The molecule has 0 unspecified atom stereocenters. The Morgan fingerprint density at radius 2 is 2.04 bits per heavy atom. The number of rotatable bonds is 3. The maximum atomic E-state index is 13.1. The third kappa shape index (κ3) is 2.95. The van der Waals surface area contributed by atoms with E-state index in [1.807, 2.05) is 35.2 Å². The SMILES string of the molecule is O=C1C[C@@H](C(=O)N2CCc3[nH]c4ccccc4c3C2)CN1Cc1ccccn1. The largest absolute Gasteiger partial charge is 0.358 e. The van der Waals surface area contributed by atoms with E-state index in [0.29, 0.717) is 32.6 Å². The normalized spacial score (nSPS) is 19.3. The molecule has 2 amide bonds. The van der Waals surface area contributed by atoms with Gasteiger partial charge >= 0.3 is 0 Å². The molecular formula is C22H22N4O2. The number of fused-ring (bicyclic) bond motifs is 3. The number of amides is 2. The van der Waals surface area contributed by atoms with Gasteiger partial charge in [0.2, 0.25) is 11.8 Å². The fourth-order valence-electron chi connectivity index (χ4n) is 4.39. The highest BCUT2D eigenvalue weighted by molar-refractivity contribution is 5.90. The van der Waals surface area contributed by atoms with Crippen LogP contribution in [0.5, 0.6) is 0 Å². The van der Waals surface area contributed by atoms with Crippen LogP contribution in [0.1, 0.15) is 23.4 Å². The Morgan fingerprint density at radius 1 is 1.18 bits per heavy atom. The van der Waals surface area contributed by atoms with Gasteiger partial charge in [-0.15, -0.1) is 0 Å². The van der Waals surface area contributed by atoms with Gasteiger partial charge in [0.05, 0.1) is 18.2 Å². The maximum absolute atomic E-state index is 13.1. The molecule has 0 radical (unpaired) electrons. The average molecular weight is 374 g/mol. The van der Waals surface area contributed by atoms with E-state index in [1.165, 1.54) is 16.6 Å². The van der Waals surface area contributed by atoms with E-state index in [2.05, 4.69) is 22.1 Å². The minimum absolute atomic E-state index is 0.0359. The van der Waals surface area contributed by atoms with Crippen LogP contribution in [0.15, 0.2) is 48.7 Å². The number of aromatic nitrogens is 2. The van der Waals surface area contributed by atoms with E-state index in [1.54, 1.807) is 11.1 Å². The number of carbonyl (C=O) groups excluding carboxylic acids is 2. The van der Waals surface area contributed by atoms with Crippen molar-refractivity contribution in [3.05, 3.63) is 65.6 Å². The van der Waals surface area contributed by atoms with E-state index in [0.717, 1.165) is 17.6 Å². The number of H-pyrrole nitrogens is 1.